The van der Waals surface area contributed by atoms with E-state index in [4.69, 9.17) is 18.9 Å². The molecule has 0 amide bonds. The van der Waals surface area contributed by atoms with Crippen molar-refractivity contribution >= 4 is 17.9 Å². The Labute approximate surface area is 417 Å². The Hall–Kier alpha value is -3.27. The number of carbonyl (C=O) groups is 3. The van der Waals surface area contributed by atoms with Crippen molar-refractivity contribution in [2.75, 3.05) is 47.5 Å². The Morgan fingerprint density at radius 3 is 1.25 bits per heavy atom. The molecule has 68 heavy (non-hydrogen) atoms. The smallest absolute Gasteiger partial charge is 0.306 e. The number of esters is 2. The monoisotopic (exact) mass is 954 g/mol. The van der Waals surface area contributed by atoms with Gasteiger partial charge in [-0.1, -0.05) is 209 Å². The standard InChI is InChI=1S/C59H103NO8/c1-6-8-10-12-14-16-18-20-22-23-24-25-26-27-28-29-30-31-32-33-34-35-36-38-40-42-44-46-48-50-57(62)68-55(54-67-59(58(63)64)65-52-51-60(3,4)5)53-66-56(61)49-47-45-43-41-39-37-21-19-17-15-13-11-9-7-2/h8,10,13-16,19-22,24-25,55,59H,6-7,9,11-12,17-18,23,26-54H2,1-5H3/b10-8-,15-13-,16-14-,21-19-,22-20-,25-24-. The van der Waals surface area contributed by atoms with Gasteiger partial charge in [-0.2, -0.15) is 0 Å². The number of carbonyl (C=O) groups excluding carboxylic acids is 3. The zero-order valence-electron chi connectivity index (χ0n) is 44.5. The van der Waals surface area contributed by atoms with Gasteiger partial charge in [-0.25, -0.2) is 0 Å². The lowest BCUT2D eigenvalue weighted by atomic mass is 10.0. The molecular formula is C59H103NO8. The quantitative estimate of drug-likeness (QED) is 0.0195. The molecule has 392 valence electrons. The fourth-order valence-corrected chi connectivity index (χ4v) is 7.43. The molecular weight excluding hydrogens is 851 g/mol. The molecule has 9 nitrogen and oxygen atoms in total. The maximum Gasteiger partial charge on any atom is 0.306 e. The van der Waals surface area contributed by atoms with Crippen LogP contribution in [0.4, 0.5) is 0 Å². The molecule has 0 aromatic heterocycles. The first-order valence-corrected chi connectivity index (χ1v) is 27.6. The van der Waals surface area contributed by atoms with E-state index in [1.165, 1.54) is 96.3 Å². The van der Waals surface area contributed by atoms with E-state index in [1.807, 2.05) is 21.1 Å². The zero-order chi connectivity index (χ0) is 49.9. The molecule has 2 unspecified atom stereocenters. The molecule has 0 aromatic carbocycles. The van der Waals surface area contributed by atoms with Gasteiger partial charge in [-0.3, -0.25) is 9.59 Å². The van der Waals surface area contributed by atoms with Crippen LogP contribution in [0.15, 0.2) is 72.9 Å². The van der Waals surface area contributed by atoms with Crippen molar-refractivity contribution < 1.29 is 42.9 Å². The Morgan fingerprint density at radius 1 is 0.456 bits per heavy atom. The van der Waals surface area contributed by atoms with Crippen LogP contribution in [0.1, 0.15) is 226 Å². The van der Waals surface area contributed by atoms with Crippen LogP contribution in [0, 0.1) is 0 Å². The molecule has 0 saturated heterocycles. The molecule has 0 radical (unpaired) electrons. The van der Waals surface area contributed by atoms with Crippen LogP contribution in [0.3, 0.4) is 0 Å². The molecule has 0 spiro atoms. The van der Waals surface area contributed by atoms with Gasteiger partial charge in [-0.05, 0) is 77.0 Å². The normalized spacial score (nSPS) is 13.4. The highest BCUT2D eigenvalue weighted by atomic mass is 16.7. The summed E-state index contributed by atoms with van der Waals surface area (Å²) in [4.78, 5) is 37.2. The third kappa shape index (κ3) is 50.6. The average Bonchev–Trinajstić information content (AvgIpc) is 3.30. The predicted octanol–water partition coefficient (Wildman–Crippen LogP) is 14.5. The largest absolute Gasteiger partial charge is 0.545 e. The maximum atomic E-state index is 12.8. The van der Waals surface area contributed by atoms with Crippen LogP contribution >= 0.6 is 0 Å². The van der Waals surface area contributed by atoms with Crippen molar-refractivity contribution in [2.45, 2.75) is 238 Å². The van der Waals surface area contributed by atoms with Gasteiger partial charge < -0.3 is 33.3 Å². The minimum absolute atomic E-state index is 0.144. The van der Waals surface area contributed by atoms with Crippen molar-refractivity contribution in [1.82, 2.24) is 0 Å². The summed E-state index contributed by atoms with van der Waals surface area (Å²) in [5.74, 6) is -2.30. The van der Waals surface area contributed by atoms with Crippen molar-refractivity contribution in [3.8, 4) is 0 Å². The number of hydrogen-bond acceptors (Lipinski definition) is 8. The number of quaternary nitrogens is 1. The maximum absolute atomic E-state index is 12.8. The van der Waals surface area contributed by atoms with Gasteiger partial charge in [0.15, 0.2) is 12.4 Å². The molecule has 9 heteroatoms. The molecule has 0 heterocycles. The van der Waals surface area contributed by atoms with E-state index in [-0.39, 0.29) is 38.6 Å². The van der Waals surface area contributed by atoms with Crippen LogP contribution in [-0.4, -0.2) is 82.3 Å². The van der Waals surface area contributed by atoms with Gasteiger partial charge in [-0.15, -0.1) is 0 Å². The van der Waals surface area contributed by atoms with E-state index in [0.29, 0.717) is 17.4 Å². The van der Waals surface area contributed by atoms with Gasteiger partial charge in [0.05, 0.1) is 40.3 Å². The van der Waals surface area contributed by atoms with Crippen LogP contribution in [0.25, 0.3) is 0 Å². The van der Waals surface area contributed by atoms with Crippen molar-refractivity contribution in [3.05, 3.63) is 72.9 Å². The summed E-state index contributed by atoms with van der Waals surface area (Å²) in [5, 5.41) is 11.7. The topological polar surface area (TPSA) is 111 Å². The molecule has 2 atom stereocenters. The summed E-state index contributed by atoms with van der Waals surface area (Å²) in [6, 6.07) is 0. The van der Waals surface area contributed by atoms with E-state index < -0.39 is 24.3 Å². The number of allylic oxidation sites excluding steroid dienone is 12. The summed E-state index contributed by atoms with van der Waals surface area (Å²) in [7, 11) is 5.91. The van der Waals surface area contributed by atoms with E-state index in [1.54, 1.807) is 0 Å². The van der Waals surface area contributed by atoms with Gasteiger partial charge in [0, 0.05) is 12.8 Å². The summed E-state index contributed by atoms with van der Waals surface area (Å²) < 4.78 is 22.6. The summed E-state index contributed by atoms with van der Waals surface area (Å²) >= 11 is 0. The summed E-state index contributed by atoms with van der Waals surface area (Å²) in [6.07, 6.45) is 60.9. The highest BCUT2D eigenvalue weighted by Gasteiger charge is 2.22. The highest BCUT2D eigenvalue weighted by molar-refractivity contribution is 5.70. The first kappa shape index (κ1) is 64.7. The number of likely N-dealkylation sites (N-methyl/N-ethyl adjacent to an activating group) is 1. The lowest BCUT2D eigenvalue weighted by Crippen LogP contribution is -2.44. The van der Waals surface area contributed by atoms with Crippen molar-refractivity contribution in [1.29, 1.82) is 0 Å². The van der Waals surface area contributed by atoms with E-state index in [9.17, 15) is 19.5 Å². The van der Waals surface area contributed by atoms with Crippen LogP contribution in [0.5, 0.6) is 0 Å². The summed E-state index contributed by atoms with van der Waals surface area (Å²) in [6.45, 7) is 4.58. The zero-order valence-corrected chi connectivity index (χ0v) is 44.5. The number of ether oxygens (including phenoxy) is 4. The predicted molar refractivity (Wildman–Crippen MR) is 283 cm³/mol. The van der Waals surface area contributed by atoms with Crippen LogP contribution in [0.2, 0.25) is 0 Å². The first-order valence-electron chi connectivity index (χ1n) is 27.6. The fraction of sp³-hybridized carbons (Fsp3) is 0.746. The van der Waals surface area contributed by atoms with E-state index in [2.05, 4.69) is 86.8 Å². The van der Waals surface area contributed by atoms with Gasteiger partial charge >= 0.3 is 11.9 Å². The highest BCUT2D eigenvalue weighted by Crippen LogP contribution is 2.16. The third-order valence-electron chi connectivity index (χ3n) is 11.7. The van der Waals surface area contributed by atoms with Crippen molar-refractivity contribution in [2.24, 2.45) is 0 Å². The van der Waals surface area contributed by atoms with E-state index in [0.717, 1.165) is 96.3 Å². The molecule has 0 bridgehead atoms. The van der Waals surface area contributed by atoms with Crippen LogP contribution in [-0.2, 0) is 33.3 Å². The number of unbranched alkanes of at least 4 members (excludes halogenated alkanes) is 23. The molecule has 0 saturated carbocycles. The second-order valence-electron chi connectivity index (χ2n) is 19.5. The third-order valence-corrected chi connectivity index (χ3v) is 11.7. The Balaban J connectivity index is 4.19. The Morgan fingerprint density at radius 2 is 0.838 bits per heavy atom. The van der Waals surface area contributed by atoms with E-state index >= 15 is 0 Å². The molecule has 0 rings (SSSR count). The average molecular weight is 954 g/mol. The minimum atomic E-state index is -1.63. The minimum Gasteiger partial charge on any atom is -0.545 e. The number of nitrogens with zero attached hydrogens (tertiary/aromatic N) is 1. The number of aliphatic carboxylic acids is 1. The van der Waals surface area contributed by atoms with Crippen LogP contribution < -0.4 is 5.11 Å². The second-order valence-corrected chi connectivity index (χ2v) is 19.5. The lowest BCUT2D eigenvalue weighted by Gasteiger charge is -2.26. The SMILES string of the molecule is CC/C=C\C/C=C\C/C=C\C/C=C\CCCCCCCCCCCCCCCCCCC(=O)OC(COC(=O)CCCCCCC/C=C\C/C=C\CCCC)COC(OCC[N+](C)(C)C)C(=O)[O-]. The first-order chi connectivity index (χ1) is 33.1. The molecule has 0 N–H and O–H groups in total. The van der Waals surface area contributed by atoms with Gasteiger partial charge in [0.1, 0.15) is 13.2 Å². The Bertz CT molecular complexity index is 1340. The van der Waals surface area contributed by atoms with Crippen molar-refractivity contribution in [3.63, 3.8) is 0 Å². The number of hydrogen-bond donors (Lipinski definition) is 0. The fourth-order valence-electron chi connectivity index (χ4n) is 7.43. The summed E-state index contributed by atoms with van der Waals surface area (Å²) in [5.41, 5.74) is 0. The number of rotatable bonds is 50. The molecule has 0 aliphatic rings. The Kier molecular flexibility index (Phi) is 47.7. The molecule has 0 aromatic rings. The molecule has 0 aliphatic heterocycles. The molecule has 0 aliphatic carbocycles. The molecule has 0 fully saturated rings. The number of carboxylic acids is 1. The number of carboxylic acid groups (broad SMARTS) is 1. The second kappa shape index (κ2) is 50.1. The van der Waals surface area contributed by atoms with Gasteiger partial charge in [0.2, 0.25) is 0 Å². The lowest BCUT2D eigenvalue weighted by molar-refractivity contribution is -0.870. The van der Waals surface area contributed by atoms with Gasteiger partial charge in [0.25, 0.3) is 0 Å².